The van der Waals surface area contributed by atoms with Crippen LogP contribution >= 0.6 is 0 Å². The molecule has 0 radical (unpaired) electrons. The minimum atomic E-state index is -1.25. The summed E-state index contributed by atoms with van der Waals surface area (Å²) in [6.07, 6.45) is 0.210. The molecule has 0 amide bonds. The Morgan fingerprint density at radius 1 is 1.20 bits per heavy atom. The van der Waals surface area contributed by atoms with Gasteiger partial charge in [-0.15, -0.1) is 0 Å². The van der Waals surface area contributed by atoms with Gasteiger partial charge in [-0.3, -0.25) is 0 Å². The van der Waals surface area contributed by atoms with Crippen LogP contribution in [0.15, 0.2) is 30.3 Å². The first-order valence-corrected chi connectivity index (χ1v) is 6.00. The molecule has 0 saturated carbocycles. The maximum absolute atomic E-state index is 11.2. The third kappa shape index (κ3) is 5.36. The van der Waals surface area contributed by atoms with Crippen molar-refractivity contribution in [1.29, 1.82) is 0 Å². The first kappa shape index (κ1) is 12.0. The molecule has 0 atom stereocenters. The monoisotopic (exact) mass is 321 g/mol. The van der Waals surface area contributed by atoms with E-state index >= 15 is 0 Å². The number of hydrogen-bond acceptors (Lipinski definition) is 4. The van der Waals surface area contributed by atoms with Crippen molar-refractivity contribution < 1.29 is 37.8 Å². The summed E-state index contributed by atoms with van der Waals surface area (Å²) in [7, 11) is 0. The van der Waals surface area contributed by atoms with Crippen LogP contribution in [0.3, 0.4) is 0 Å². The van der Waals surface area contributed by atoms with Crippen LogP contribution in [0.25, 0.3) is 0 Å². The van der Waals surface area contributed by atoms with Gasteiger partial charge in [0.25, 0.3) is 0 Å². The summed E-state index contributed by atoms with van der Waals surface area (Å²) < 4.78 is 9.36. The van der Waals surface area contributed by atoms with Crippen LogP contribution in [0.2, 0.25) is 0 Å². The average molecular weight is 321 g/mol. The number of carbonyl (C=O) groups is 2. The molecule has 1 rings (SSSR count). The Bertz CT molecular complexity index is 337. The minimum absolute atomic E-state index is 0.210. The number of rotatable bonds is 4. The molecule has 0 spiro atoms. The van der Waals surface area contributed by atoms with Gasteiger partial charge in [-0.25, -0.2) is 0 Å². The quantitative estimate of drug-likeness (QED) is 0.618. The fraction of sp³-hybridized carbons (Fsp3) is 0.200. The van der Waals surface area contributed by atoms with Crippen LogP contribution < -0.4 is 22.0 Å². The summed E-state index contributed by atoms with van der Waals surface area (Å²) in [6, 6.07) is 9.25. The van der Waals surface area contributed by atoms with Gasteiger partial charge in [0.1, 0.15) is 0 Å². The van der Waals surface area contributed by atoms with Gasteiger partial charge in [0.05, 0.1) is 0 Å². The topological polar surface area (TPSA) is 52.6 Å². The molecule has 0 unspecified atom stereocenters. The summed E-state index contributed by atoms with van der Waals surface area (Å²) in [6.45, 7) is 1.28. The van der Waals surface area contributed by atoms with E-state index in [1.165, 1.54) is 6.92 Å². The van der Waals surface area contributed by atoms with Crippen molar-refractivity contribution in [2.24, 2.45) is 0 Å². The number of carbonyl (C=O) groups excluding carboxylic acids is 2. The molecule has 15 heavy (non-hydrogen) atoms. The van der Waals surface area contributed by atoms with Gasteiger partial charge in [0.15, 0.2) is 0 Å². The number of benzene rings is 1. The van der Waals surface area contributed by atoms with Crippen LogP contribution in [0, 0.1) is 0 Å². The third-order valence-corrected chi connectivity index (χ3v) is 2.92. The van der Waals surface area contributed by atoms with Gasteiger partial charge >= 0.3 is 98.9 Å². The standard InChI is InChI=1S/C10H10IO4/c1-8(12)14-11-15-10(13)7-9-5-3-2-4-6-9/h2-6H,7H2,1H3/q-1. The molecule has 82 valence electrons. The molecule has 0 aliphatic rings. The van der Waals surface area contributed by atoms with E-state index in [9.17, 15) is 9.59 Å². The molecule has 4 nitrogen and oxygen atoms in total. The maximum atomic E-state index is 11.2. The Labute approximate surface area is 98.9 Å². The second-order valence-corrected chi connectivity index (χ2v) is 3.98. The van der Waals surface area contributed by atoms with E-state index in [2.05, 4.69) is 3.07 Å². The van der Waals surface area contributed by atoms with Crippen LogP contribution in [0.4, 0.5) is 0 Å². The van der Waals surface area contributed by atoms with Gasteiger partial charge in [-0.2, -0.15) is 0 Å². The molecule has 1 aromatic carbocycles. The van der Waals surface area contributed by atoms with Gasteiger partial charge in [0, 0.05) is 0 Å². The SMILES string of the molecule is CC(=O)O[I-]OC(=O)Cc1ccccc1. The predicted molar refractivity (Wildman–Crippen MR) is 48.0 cm³/mol. The second kappa shape index (κ2) is 6.39. The summed E-state index contributed by atoms with van der Waals surface area (Å²) in [4.78, 5) is 21.6. The summed E-state index contributed by atoms with van der Waals surface area (Å²) >= 11 is -1.25. The van der Waals surface area contributed by atoms with Crippen LogP contribution in [-0.4, -0.2) is 11.9 Å². The fourth-order valence-electron chi connectivity index (χ4n) is 0.885. The molecule has 0 fully saturated rings. The van der Waals surface area contributed by atoms with Crippen molar-refractivity contribution >= 4 is 11.9 Å². The van der Waals surface area contributed by atoms with Gasteiger partial charge < -0.3 is 0 Å². The van der Waals surface area contributed by atoms with E-state index < -0.39 is 28.0 Å². The Hall–Kier alpha value is -1.11. The Morgan fingerprint density at radius 3 is 2.47 bits per heavy atom. The molecular weight excluding hydrogens is 311 g/mol. The van der Waals surface area contributed by atoms with Crippen molar-refractivity contribution in [3.63, 3.8) is 0 Å². The predicted octanol–water partition coefficient (Wildman–Crippen LogP) is -1.75. The van der Waals surface area contributed by atoms with Gasteiger partial charge in [0.2, 0.25) is 0 Å². The summed E-state index contributed by atoms with van der Waals surface area (Å²) in [5.41, 5.74) is 0.884. The Balaban J connectivity index is 2.28. The van der Waals surface area contributed by atoms with Crippen molar-refractivity contribution in [3.8, 4) is 0 Å². The Kier molecular flexibility index (Phi) is 5.09. The zero-order valence-corrected chi connectivity index (χ0v) is 10.3. The summed E-state index contributed by atoms with van der Waals surface area (Å²) in [5, 5.41) is 0. The van der Waals surface area contributed by atoms with Gasteiger partial charge in [-0.1, -0.05) is 0 Å². The Morgan fingerprint density at radius 2 is 1.87 bits per heavy atom. The number of hydrogen-bond donors (Lipinski definition) is 0. The fourth-order valence-corrected chi connectivity index (χ4v) is 1.58. The molecule has 5 heteroatoms. The first-order chi connectivity index (χ1) is 7.18. The molecule has 0 saturated heterocycles. The van der Waals surface area contributed by atoms with E-state index in [0.717, 1.165) is 5.56 Å². The van der Waals surface area contributed by atoms with Gasteiger partial charge in [-0.05, 0) is 0 Å². The third-order valence-electron chi connectivity index (χ3n) is 1.45. The molecule has 0 bridgehead atoms. The summed E-state index contributed by atoms with van der Waals surface area (Å²) in [5.74, 6) is -0.787. The van der Waals surface area contributed by atoms with Crippen LogP contribution in [0.1, 0.15) is 12.5 Å². The average Bonchev–Trinajstić information content (AvgIpc) is 2.18. The molecule has 1 aromatic rings. The molecule has 0 N–H and O–H groups in total. The zero-order valence-electron chi connectivity index (χ0n) is 8.10. The van der Waals surface area contributed by atoms with Crippen molar-refractivity contribution in [2.75, 3.05) is 0 Å². The first-order valence-electron chi connectivity index (χ1n) is 4.24. The van der Waals surface area contributed by atoms with E-state index in [0.29, 0.717) is 0 Å². The zero-order chi connectivity index (χ0) is 11.1. The van der Waals surface area contributed by atoms with Crippen LogP contribution in [-0.2, 0) is 22.1 Å². The molecule has 0 aliphatic carbocycles. The molecule has 0 aromatic heterocycles. The normalized spacial score (nSPS) is 9.67. The van der Waals surface area contributed by atoms with E-state index in [1.54, 1.807) is 0 Å². The second-order valence-electron chi connectivity index (χ2n) is 2.74. The van der Waals surface area contributed by atoms with Crippen molar-refractivity contribution in [3.05, 3.63) is 35.9 Å². The van der Waals surface area contributed by atoms with E-state index in [4.69, 9.17) is 3.07 Å². The van der Waals surface area contributed by atoms with Crippen molar-refractivity contribution in [1.82, 2.24) is 0 Å². The van der Waals surface area contributed by atoms with E-state index in [1.807, 2.05) is 30.3 Å². The van der Waals surface area contributed by atoms with Crippen LogP contribution in [0.5, 0.6) is 0 Å². The number of halogens is 1. The molecule has 0 aliphatic heterocycles. The molecular formula is C10H10IO4-. The van der Waals surface area contributed by atoms with E-state index in [-0.39, 0.29) is 12.4 Å². The molecule has 0 heterocycles. The van der Waals surface area contributed by atoms with Crippen molar-refractivity contribution in [2.45, 2.75) is 13.3 Å².